The number of ether oxygens (including phenoxy) is 1. The van der Waals surface area contributed by atoms with Gasteiger partial charge in [0, 0.05) is 13.1 Å². The summed E-state index contributed by atoms with van der Waals surface area (Å²) < 4.78 is 5.25. The van der Waals surface area contributed by atoms with Gasteiger partial charge in [-0.3, -0.25) is 4.79 Å². The van der Waals surface area contributed by atoms with E-state index in [1.807, 2.05) is 0 Å². The summed E-state index contributed by atoms with van der Waals surface area (Å²) in [5, 5.41) is 9.77. The number of primary amides is 1. The summed E-state index contributed by atoms with van der Waals surface area (Å²) in [7, 11) is 0. The quantitative estimate of drug-likeness (QED) is 0.715. The minimum atomic E-state index is -0.782. The molecule has 1 aliphatic heterocycles. The van der Waals surface area contributed by atoms with Gasteiger partial charge in [0.05, 0.1) is 12.0 Å². The lowest BCUT2D eigenvalue weighted by atomic mass is 9.99. The zero-order valence-electron chi connectivity index (χ0n) is 11.2. The first-order chi connectivity index (χ1) is 8.20. The summed E-state index contributed by atoms with van der Waals surface area (Å²) in [6, 6.07) is 0. The second kappa shape index (κ2) is 5.56. The molecule has 0 radical (unpaired) electrons. The molecule has 1 rings (SSSR count). The molecule has 6 nitrogen and oxygen atoms in total. The highest BCUT2D eigenvalue weighted by atomic mass is 16.6. The highest BCUT2D eigenvalue weighted by Gasteiger charge is 2.33. The van der Waals surface area contributed by atoms with Crippen molar-refractivity contribution in [3.05, 3.63) is 0 Å². The summed E-state index contributed by atoms with van der Waals surface area (Å²) >= 11 is 0. The Morgan fingerprint density at radius 2 is 2.00 bits per heavy atom. The smallest absolute Gasteiger partial charge is 0.410 e. The maximum absolute atomic E-state index is 11.9. The van der Waals surface area contributed by atoms with Crippen LogP contribution in [0.2, 0.25) is 0 Å². The summed E-state index contributed by atoms with van der Waals surface area (Å²) in [4.78, 5) is 24.6. The fourth-order valence-electron chi connectivity index (χ4n) is 1.91. The van der Waals surface area contributed by atoms with Crippen molar-refractivity contribution in [1.82, 2.24) is 4.90 Å². The largest absolute Gasteiger partial charge is 0.444 e. The molecule has 0 aromatic carbocycles. The third kappa shape index (κ3) is 4.18. The predicted octanol–water partition coefficient (Wildman–Crippen LogP) is 0.480. The SMILES string of the molecule is CC(C)(C)OC(=O)N1CCC[C@@H](O)[C@@H](C(N)=O)C1. The van der Waals surface area contributed by atoms with Crippen LogP contribution in [0.3, 0.4) is 0 Å². The Bertz CT molecular complexity index is 325. The van der Waals surface area contributed by atoms with Crippen molar-refractivity contribution < 1.29 is 19.4 Å². The zero-order chi connectivity index (χ0) is 13.9. The number of amides is 2. The van der Waals surface area contributed by atoms with Crippen molar-refractivity contribution in [3.63, 3.8) is 0 Å². The molecule has 3 N–H and O–H groups in total. The highest BCUT2D eigenvalue weighted by molar-refractivity contribution is 5.78. The minimum absolute atomic E-state index is 0.116. The Kier molecular flexibility index (Phi) is 4.56. The molecule has 1 heterocycles. The van der Waals surface area contributed by atoms with Crippen LogP contribution in [0.15, 0.2) is 0 Å². The molecule has 2 amide bonds. The number of carbonyl (C=O) groups is 2. The highest BCUT2D eigenvalue weighted by Crippen LogP contribution is 2.19. The molecule has 0 aromatic rings. The lowest BCUT2D eigenvalue weighted by Gasteiger charge is -2.28. The number of carbonyl (C=O) groups excluding carboxylic acids is 2. The van der Waals surface area contributed by atoms with Gasteiger partial charge in [0.25, 0.3) is 0 Å². The van der Waals surface area contributed by atoms with E-state index in [0.717, 1.165) is 0 Å². The van der Waals surface area contributed by atoms with Gasteiger partial charge in [-0.1, -0.05) is 0 Å². The Morgan fingerprint density at radius 3 is 2.50 bits per heavy atom. The van der Waals surface area contributed by atoms with Crippen LogP contribution in [0.4, 0.5) is 4.79 Å². The van der Waals surface area contributed by atoms with Gasteiger partial charge in [0.1, 0.15) is 5.60 Å². The van der Waals surface area contributed by atoms with Crippen LogP contribution in [-0.2, 0) is 9.53 Å². The molecule has 1 aliphatic rings. The van der Waals surface area contributed by atoms with E-state index in [1.165, 1.54) is 4.90 Å². The topological polar surface area (TPSA) is 92.9 Å². The van der Waals surface area contributed by atoms with E-state index < -0.39 is 29.6 Å². The average molecular weight is 258 g/mol. The second-order valence-electron chi connectivity index (χ2n) is 5.64. The van der Waals surface area contributed by atoms with Gasteiger partial charge in [0.2, 0.25) is 5.91 Å². The number of nitrogens with two attached hydrogens (primary N) is 1. The van der Waals surface area contributed by atoms with Gasteiger partial charge >= 0.3 is 6.09 Å². The average Bonchev–Trinajstić information content (AvgIpc) is 2.37. The van der Waals surface area contributed by atoms with Gasteiger partial charge in [-0.25, -0.2) is 4.79 Å². The van der Waals surface area contributed by atoms with Crippen LogP contribution in [0.5, 0.6) is 0 Å². The van der Waals surface area contributed by atoms with E-state index >= 15 is 0 Å². The van der Waals surface area contributed by atoms with Crippen LogP contribution in [0.25, 0.3) is 0 Å². The van der Waals surface area contributed by atoms with E-state index in [4.69, 9.17) is 10.5 Å². The van der Waals surface area contributed by atoms with Crippen molar-refractivity contribution in [3.8, 4) is 0 Å². The van der Waals surface area contributed by atoms with Crippen LogP contribution in [-0.4, -0.2) is 46.8 Å². The Hall–Kier alpha value is -1.30. The van der Waals surface area contributed by atoms with Crippen LogP contribution in [0.1, 0.15) is 33.6 Å². The summed E-state index contributed by atoms with van der Waals surface area (Å²) in [5.74, 6) is -1.31. The molecule has 1 fully saturated rings. The third-order valence-corrected chi connectivity index (χ3v) is 2.83. The van der Waals surface area contributed by atoms with Gasteiger partial charge in [-0.15, -0.1) is 0 Å². The molecule has 1 saturated heterocycles. The van der Waals surface area contributed by atoms with Crippen LogP contribution < -0.4 is 5.73 Å². The number of hydrogen-bond donors (Lipinski definition) is 2. The number of aliphatic hydroxyl groups excluding tert-OH is 1. The number of hydrogen-bond acceptors (Lipinski definition) is 4. The standard InChI is InChI=1S/C12H22N2O4/c1-12(2,3)18-11(17)14-6-4-5-9(15)8(7-14)10(13)16/h8-9,15H,4-7H2,1-3H3,(H2,13,16)/t8-,9+/m0/s1. The van der Waals surface area contributed by atoms with Gasteiger partial charge in [-0.05, 0) is 33.6 Å². The Balaban J connectivity index is 2.71. The van der Waals surface area contributed by atoms with Crippen molar-refractivity contribution in [2.24, 2.45) is 11.7 Å². The maximum atomic E-state index is 11.9. The number of nitrogens with zero attached hydrogens (tertiary/aromatic N) is 1. The number of likely N-dealkylation sites (tertiary alicyclic amines) is 1. The van der Waals surface area contributed by atoms with E-state index in [2.05, 4.69) is 0 Å². The maximum Gasteiger partial charge on any atom is 0.410 e. The zero-order valence-corrected chi connectivity index (χ0v) is 11.2. The van der Waals surface area contributed by atoms with E-state index in [0.29, 0.717) is 19.4 Å². The molecule has 0 spiro atoms. The monoisotopic (exact) mass is 258 g/mol. The molecular weight excluding hydrogens is 236 g/mol. The lowest BCUT2D eigenvalue weighted by molar-refractivity contribution is -0.125. The van der Waals surface area contributed by atoms with Crippen molar-refractivity contribution in [1.29, 1.82) is 0 Å². The molecule has 0 unspecified atom stereocenters. The van der Waals surface area contributed by atoms with Crippen molar-refractivity contribution >= 4 is 12.0 Å². The lowest BCUT2D eigenvalue weighted by Crippen LogP contribution is -2.44. The summed E-state index contributed by atoms with van der Waals surface area (Å²) in [6.45, 7) is 5.93. The molecule has 2 atom stereocenters. The van der Waals surface area contributed by atoms with E-state index in [-0.39, 0.29) is 6.54 Å². The molecule has 18 heavy (non-hydrogen) atoms. The first-order valence-electron chi connectivity index (χ1n) is 6.16. The first-order valence-corrected chi connectivity index (χ1v) is 6.16. The molecule has 0 aliphatic carbocycles. The van der Waals surface area contributed by atoms with Crippen molar-refractivity contribution in [2.45, 2.75) is 45.3 Å². The van der Waals surface area contributed by atoms with E-state index in [1.54, 1.807) is 20.8 Å². The molecule has 104 valence electrons. The minimum Gasteiger partial charge on any atom is -0.444 e. The van der Waals surface area contributed by atoms with Crippen LogP contribution in [0, 0.1) is 5.92 Å². The summed E-state index contributed by atoms with van der Waals surface area (Å²) in [5.41, 5.74) is 4.66. The number of rotatable bonds is 1. The predicted molar refractivity (Wildman–Crippen MR) is 65.7 cm³/mol. The molecular formula is C12H22N2O4. The van der Waals surface area contributed by atoms with Gasteiger partial charge < -0.3 is 20.5 Å². The first kappa shape index (κ1) is 14.8. The molecule has 0 bridgehead atoms. The fourth-order valence-corrected chi connectivity index (χ4v) is 1.91. The molecule has 0 aromatic heterocycles. The molecule has 0 saturated carbocycles. The second-order valence-corrected chi connectivity index (χ2v) is 5.64. The van der Waals surface area contributed by atoms with Gasteiger partial charge in [-0.2, -0.15) is 0 Å². The van der Waals surface area contributed by atoms with Crippen LogP contribution >= 0.6 is 0 Å². The number of aliphatic hydroxyl groups is 1. The molecule has 6 heteroatoms. The Labute approximate surface area is 107 Å². The third-order valence-electron chi connectivity index (χ3n) is 2.83. The van der Waals surface area contributed by atoms with Gasteiger partial charge in [0.15, 0.2) is 0 Å². The Morgan fingerprint density at radius 1 is 1.39 bits per heavy atom. The fraction of sp³-hybridized carbons (Fsp3) is 0.833. The normalized spacial score (nSPS) is 25.4. The summed E-state index contributed by atoms with van der Waals surface area (Å²) in [6.07, 6.45) is -0.158. The van der Waals surface area contributed by atoms with Crippen molar-refractivity contribution in [2.75, 3.05) is 13.1 Å². The van der Waals surface area contributed by atoms with E-state index in [9.17, 15) is 14.7 Å².